The molecular weight excluding hydrogens is 307 g/mol. The molecule has 0 saturated carbocycles. The van der Waals surface area contributed by atoms with Crippen molar-refractivity contribution in [2.75, 3.05) is 13.3 Å². The number of thiazole rings is 1. The number of halogens is 1. The number of thiophene rings is 1. The van der Waals surface area contributed by atoms with E-state index in [-0.39, 0.29) is 6.61 Å². The van der Waals surface area contributed by atoms with Gasteiger partial charge in [-0.25, -0.2) is 9.37 Å². The third-order valence-electron chi connectivity index (χ3n) is 3.19. The minimum atomic E-state index is -0.476. The Hall–Kier alpha value is -1.92. The summed E-state index contributed by atoms with van der Waals surface area (Å²) in [5.41, 5.74) is 2.09. The first-order valence-corrected chi connectivity index (χ1v) is 8.19. The zero-order chi connectivity index (χ0) is 14.2. The van der Waals surface area contributed by atoms with Crippen molar-refractivity contribution in [3.05, 3.63) is 41.9 Å². The quantitative estimate of drug-likeness (QED) is 0.548. The van der Waals surface area contributed by atoms with E-state index in [1.165, 1.54) is 4.88 Å². The normalized spacial score (nSPS) is 11.5. The van der Waals surface area contributed by atoms with E-state index in [9.17, 15) is 4.39 Å². The minimum absolute atomic E-state index is 0.0938. The molecule has 4 rings (SSSR count). The first kappa shape index (κ1) is 12.8. The lowest BCUT2D eigenvalue weighted by Gasteiger charge is -2.02. The van der Waals surface area contributed by atoms with Gasteiger partial charge in [-0.15, -0.1) is 11.3 Å². The van der Waals surface area contributed by atoms with Gasteiger partial charge in [0, 0.05) is 6.20 Å². The van der Waals surface area contributed by atoms with Crippen molar-refractivity contribution in [3.8, 4) is 16.3 Å². The summed E-state index contributed by atoms with van der Waals surface area (Å²) < 4.78 is 20.7. The third kappa shape index (κ3) is 2.20. The van der Waals surface area contributed by atoms with E-state index in [2.05, 4.69) is 27.0 Å². The predicted molar refractivity (Wildman–Crippen MR) is 85.4 cm³/mol. The van der Waals surface area contributed by atoms with Gasteiger partial charge in [-0.1, -0.05) is 17.4 Å². The Morgan fingerprint density at radius 2 is 2.24 bits per heavy atom. The maximum absolute atomic E-state index is 12.2. The number of nitrogens with zero attached hydrogens (tertiary/aromatic N) is 2. The Morgan fingerprint density at radius 1 is 1.29 bits per heavy atom. The molecule has 3 heterocycles. The molecule has 0 spiro atoms. The van der Waals surface area contributed by atoms with E-state index < -0.39 is 6.67 Å². The third-order valence-corrected chi connectivity index (χ3v) is 5.09. The molecule has 0 aliphatic rings. The topological polar surface area (TPSA) is 26.5 Å². The van der Waals surface area contributed by atoms with Gasteiger partial charge in [-0.3, -0.25) is 4.40 Å². The molecule has 0 amide bonds. The smallest absolute Gasteiger partial charge is 0.195 e. The molecule has 1 aromatic carbocycles. The first-order chi connectivity index (χ1) is 10.3. The highest BCUT2D eigenvalue weighted by Gasteiger charge is 2.11. The van der Waals surface area contributed by atoms with E-state index in [1.807, 2.05) is 24.3 Å². The van der Waals surface area contributed by atoms with Gasteiger partial charge in [0.05, 0.1) is 15.1 Å². The van der Waals surface area contributed by atoms with E-state index in [0.29, 0.717) is 5.75 Å². The SMILES string of the molecule is FCCOc1ccc2c(c1)sc1nc(-c3cccs3)cn12. The van der Waals surface area contributed by atoms with Crippen LogP contribution in [0.3, 0.4) is 0 Å². The van der Waals surface area contributed by atoms with E-state index >= 15 is 0 Å². The molecule has 0 radical (unpaired) electrons. The molecule has 21 heavy (non-hydrogen) atoms. The molecule has 4 aromatic rings. The summed E-state index contributed by atoms with van der Waals surface area (Å²) in [6.07, 6.45) is 2.06. The van der Waals surface area contributed by atoms with Crippen LogP contribution in [0.1, 0.15) is 0 Å². The number of hydrogen-bond acceptors (Lipinski definition) is 4. The maximum Gasteiger partial charge on any atom is 0.195 e. The average molecular weight is 318 g/mol. The van der Waals surface area contributed by atoms with Crippen molar-refractivity contribution in [3.63, 3.8) is 0 Å². The summed E-state index contributed by atoms with van der Waals surface area (Å²) in [7, 11) is 0. The molecule has 0 N–H and O–H groups in total. The second-order valence-electron chi connectivity index (χ2n) is 4.53. The Bertz CT molecular complexity index is 895. The van der Waals surface area contributed by atoms with Gasteiger partial charge >= 0.3 is 0 Å². The Balaban J connectivity index is 1.79. The van der Waals surface area contributed by atoms with Crippen LogP contribution >= 0.6 is 22.7 Å². The molecule has 0 atom stereocenters. The summed E-state index contributed by atoms with van der Waals surface area (Å²) in [6, 6.07) is 9.90. The number of rotatable bonds is 4. The van der Waals surface area contributed by atoms with E-state index in [4.69, 9.17) is 4.74 Å². The highest BCUT2D eigenvalue weighted by atomic mass is 32.1. The molecule has 0 aliphatic heterocycles. The van der Waals surface area contributed by atoms with Crippen molar-refractivity contribution in [2.24, 2.45) is 0 Å². The van der Waals surface area contributed by atoms with Gasteiger partial charge in [0.1, 0.15) is 24.7 Å². The summed E-state index contributed by atoms with van der Waals surface area (Å²) in [4.78, 5) is 6.80. The van der Waals surface area contributed by atoms with Crippen LogP contribution in [0.25, 0.3) is 25.7 Å². The number of benzene rings is 1. The lowest BCUT2D eigenvalue weighted by molar-refractivity contribution is 0.273. The van der Waals surface area contributed by atoms with Gasteiger partial charge < -0.3 is 4.74 Å². The predicted octanol–water partition coefficient (Wildman–Crippen LogP) is 4.63. The first-order valence-electron chi connectivity index (χ1n) is 6.49. The van der Waals surface area contributed by atoms with Crippen molar-refractivity contribution in [1.82, 2.24) is 9.38 Å². The Kier molecular flexibility index (Phi) is 3.12. The van der Waals surface area contributed by atoms with Gasteiger partial charge in [-0.2, -0.15) is 0 Å². The standard InChI is InChI=1S/C15H11FN2OS2/c16-5-6-19-10-3-4-12-14(8-10)21-15-17-11(9-18(12)15)13-2-1-7-20-13/h1-4,7-9H,5-6H2. The fourth-order valence-electron chi connectivity index (χ4n) is 2.27. The lowest BCUT2D eigenvalue weighted by atomic mass is 10.3. The molecule has 0 fully saturated rings. The van der Waals surface area contributed by atoms with Gasteiger partial charge in [0.15, 0.2) is 4.96 Å². The molecule has 0 unspecified atom stereocenters. The second kappa shape index (κ2) is 5.13. The summed E-state index contributed by atoms with van der Waals surface area (Å²) >= 11 is 3.30. The number of hydrogen-bond donors (Lipinski definition) is 0. The zero-order valence-corrected chi connectivity index (χ0v) is 12.6. The molecule has 3 nitrogen and oxygen atoms in total. The van der Waals surface area contributed by atoms with Crippen LogP contribution in [0.5, 0.6) is 5.75 Å². The van der Waals surface area contributed by atoms with Crippen LogP contribution in [0, 0.1) is 0 Å². The Labute approximate surface area is 128 Å². The largest absolute Gasteiger partial charge is 0.491 e. The highest BCUT2D eigenvalue weighted by Crippen LogP contribution is 2.32. The molecule has 0 aliphatic carbocycles. The van der Waals surface area contributed by atoms with Crippen molar-refractivity contribution in [1.29, 1.82) is 0 Å². The molecular formula is C15H11FN2OS2. The van der Waals surface area contributed by atoms with Crippen LogP contribution in [0.15, 0.2) is 41.9 Å². The van der Waals surface area contributed by atoms with Crippen LogP contribution in [-0.2, 0) is 0 Å². The van der Waals surface area contributed by atoms with Gasteiger partial charge in [0.2, 0.25) is 0 Å². The zero-order valence-electron chi connectivity index (χ0n) is 11.0. The van der Waals surface area contributed by atoms with Crippen molar-refractivity contribution >= 4 is 37.9 Å². The minimum Gasteiger partial charge on any atom is -0.491 e. The molecule has 0 saturated heterocycles. The van der Waals surface area contributed by atoms with Crippen LogP contribution < -0.4 is 4.74 Å². The number of alkyl halides is 1. The van der Waals surface area contributed by atoms with Crippen LogP contribution in [0.2, 0.25) is 0 Å². The Morgan fingerprint density at radius 3 is 3.05 bits per heavy atom. The average Bonchev–Trinajstić information content (AvgIpc) is 3.19. The number of imidazole rings is 1. The van der Waals surface area contributed by atoms with Crippen molar-refractivity contribution < 1.29 is 9.13 Å². The van der Waals surface area contributed by atoms with Gasteiger partial charge in [0.25, 0.3) is 0 Å². The number of aromatic nitrogens is 2. The van der Waals surface area contributed by atoms with Crippen molar-refractivity contribution in [2.45, 2.75) is 0 Å². The summed E-state index contributed by atoms with van der Waals surface area (Å²) in [6.45, 7) is -0.382. The van der Waals surface area contributed by atoms with Crippen LogP contribution in [-0.4, -0.2) is 22.7 Å². The fourth-order valence-corrected chi connectivity index (χ4v) is 3.99. The molecule has 106 valence electrons. The fraction of sp³-hybridized carbons (Fsp3) is 0.133. The van der Waals surface area contributed by atoms with Gasteiger partial charge in [-0.05, 0) is 29.6 Å². The molecule has 3 aromatic heterocycles. The monoisotopic (exact) mass is 318 g/mol. The maximum atomic E-state index is 12.2. The molecule has 0 bridgehead atoms. The van der Waals surface area contributed by atoms with E-state index in [1.54, 1.807) is 22.7 Å². The summed E-state index contributed by atoms with van der Waals surface area (Å²) in [5, 5.41) is 2.05. The second-order valence-corrected chi connectivity index (χ2v) is 6.48. The number of ether oxygens (including phenoxy) is 1. The number of fused-ring (bicyclic) bond motifs is 3. The van der Waals surface area contributed by atoms with E-state index in [0.717, 1.165) is 20.9 Å². The molecule has 6 heteroatoms. The summed E-state index contributed by atoms with van der Waals surface area (Å²) in [5.74, 6) is 0.697. The highest BCUT2D eigenvalue weighted by molar-refractivity contribution is 7.23. The lowest BCUT2D eigenvalue weighted by Crippen LogP contribution is -1.98. The van der Waals surface area contributed by atoms with Crippen LogP contribution in [0.4, 0.5) is 4.39 Å².